The predicted molar refractivity (Wildman–Crippen MR) is 81.5 cm³/mol. The molecule has 20 heavy (non-hydrogen) atoms. The Morgan fingerprint density at radius 2 is 2.15 bits per heavy atom. The van der Waals surface area contributed by atoms with Gasteiger partial charge in [0, 0.05) is 24.0 Å². The van der Waals surface area contributed by atoms with Gasteiger partial charge < -0.3 is 15.4 Å². The lowest BCUT2D eigenvalue weighted by atomic mass is 10.2. The van der Waals surface area contributed by atoms with Crippen LogP contribution in [-0.2, 0) is 4.79 Å². The fourth-order valence-electron chi connectivity index (χ4n) is 2.50. The van der Waals surface area contributed by atoms with Gasteiger partial charge in [-0.05, 0) is 31.0 Å². The van der Waals surface area contributed by atoms with E-state index in [1.807, 2.05) is 6.07 Å². The molecule has 0 atom stereocenters. The summed E-state index contributed by atoms with van der Waals surface area (Å²) in [5.74, 6) is 0.830. The first-order valence-electron chi connectivity index (χ1n) is 7.06. The maximum Gasteiger partial charge on any atom is 0.221 e. The zero-order valence-corrected chi connectivity index (χ0v) is 12.5. The molecule has 0 heterocycles. The number of hydrogen-bond donors (Lipinski definition) is 2. The Labute approximate surface area is 124 Å². The van der Waals surface area contributed by atoms with Crippen molar-refractivity contribution < 1.29 is 9.53 Å². The van der Waals surface area contributed by atoms with Crippen LogP contribution < -0.4 is 15.4 Å². The van der Waals surface area contributed by atoms with Crippen molar-refractivity contribution in [1.82, 2.24) is 5.32 Å². The number of methoxy groups -OCH3 is 1. The fourth-order valence-corrected chi connectivity index (χ4v) is 2.67. The van der Waals surface area contributed by atoms with E-state index in [0.29, 0.717) is 24.0 Å². The number of rotatable bonds is 6. The van der Waals surface area contributed by atoms with E-state index in [0.717, 1.165) is 24.3 Å². The topological polar surface area (TPSA) is 50.4 Å². The van der Waals surface area contributed by atoms with Crippen LogP contribution in [0.5, 0.6) is 5.75 Å². The van der Waals surface area contributed by atoms with Crippen LogP contribution in [0.4, 0.5) is 5.69 Å². The van der Waals surface area contributed by atoms with E-state index in [1.54, 1.807) is 19.2 Å². The van der Waals surface area contributed by atoms with Gasteiger partial charge in [0.05, 0.1) is 12.8 Å². The molecule has 0 saturated heterocycles. The van der Waals surface area contributed by atoms with Gasteiger partial charge in [0.1, 0.15) is 5.75 Å². The summed E-state index contributed by atoms with van der Waals surface area (Å²) in [5, 5.41) is 6.90. The van der Waals surface area contributed by atoms with E-state index in [9.17, 15) is 4.79 Å². The van der Waals surface area contributed by atoms with Crippen LogP contribution in [0.25, 0.3) is 0 Å². The van der Waals surface area contributed by atoms with Gasteiger partial charge >= 0.3 is 0 Å². The van der Waals surface area contributed by atoms with Crippen molar-refractivity contribution in [2.75, 3.05) is 19.0 Å². The third kappa shape index (κ3) is 4.30. The highest BCUT2D eigenvalue weighted by Gasteiger charge is 2.16. The summed E-state index contributed by atoms with van der Waals surface area (Å²) < 4.78 is 5.24. The quantitative estimate of drug-likeness (QED) is 0.847. The second-order valence-electron chi connectivity index (χ2n) is 5.07. The first-order valence-corrected chi connectivity index (χ1v) is 7.43. The number of benzene rings is 1. The molecule has 0 aromatic heterocycles. The van der Waals surface area contributed by atoms with Gasteiger partial charge in [0.2, 0.25) is 5.91 Å². The minimum atomic E-state index is 0.102. The maximum absolute atomic E-state index is 11.8. The van der Waals surface area contributed by atoms with Crippen molar-refractivity contribution in [3.05, 3.63) is 23.2 Å². The highest BCUT2D eigenvalue weighted by molar-refractivity contribution is 6.30. The predicted octanol–water partition coefficient (Wildman–Crippen LogP) is 3.21. The number of halogens is 1. The first kappa shape index (κ1) is 15.0. The van der Waals surface area contributed by atoms with Crippen LogP contribution in [0, 0.1) is 0 Å². The summed E-state index contributed by atoms with van der Waals surface area (Å²) in [6.07, 6.45) is 5.13. The molecule has 1 saturated carbocycles. The van der Waals surface area contributed by atoms with Crippen molar-refractivity contribution in [2.45, 2.75) is 38.1 Å². The number of anilines is 1. The summed E-state index contributed by atoms with van der Waals surface area (Å²) in [4.78, 5) is 11.8. The van der Waals surface area contributed by atoms with Crippen LogP contribution in [0.3, 0.4) is 0 Å². The maximum atomic E-state index is 11.8. The van der Waals surface area contributed by atoms with Gasteiger partial charge in [-0.1, -0.05) is 24.4 Å². The number of ether oxygens (including phenoxy) is 1. The smallest absolute Gasteiger partial charge is 0.221 e. The van der Waals surface area contributed by atoms with Gasteiger partial charge in [-0.2, -0.15) is 0 Å². The van der Waals surface area contributed by atoms with Gasteiger partial charge in [0.15, 0.2) is 0 Å². The third-order valence-electron chi connectivity index (χ3n) is 3.55. The number of amides is 1. The molecule has 1 aromatic rings. The minimum absolute atomic E-state index is 0.102. The molecule has 1 aliphatic carbocycles. The van der Waals surface area contributed by atoms with Crippen molar-refractivity contribution >= 4 is 23.2 Å². The van der Waals surface area contributed by atoms with Crippen LogP contribution >= 0.6 is 11.6 Å². The molecule has 0 bridgehead atoms. The molecule has 4 nitrogen and oxygen atoms in total. The van der Waals surface area contributed by atoms with Crippen molar-refractivity contribution in [1.29, 1.82) is 0 Å². The summed E-state index contributed by atoms with van der Waals surface area (Å²) in [5.41, 5.74) is 0.814. The lowest BCUT2D eigenvalue weighted by Crippen LogP contribution is -2.33. The van der Waals surface area contributed by atoms with Crippen LogP contribution in [-0.4, -0.2) is 25.6 Å². The Morgan fingerprint density at radius 3 is 2.85 bits per heavy atom. The molecule has 0 spiro atoms. The number of nitrogens with one attached hydrogen (secondary N) is 2. The molecule has 0 unspecified atom stereocenters. The molecule has 110 valence electrons. The van der Waals surface area contributed by atoms with Gasteiger partial charge in [0.25, 0.3) is 0 Å². The Kier molecular flexibility index (Phi) is 5.53. The Balaban J connectivity index is 1.77. The van der Waals surface area contributed by atoms with Gasteiger partial charge in [-0.3, -0.25) is 4.79 Å². The average molecular weight is 297 g/mol. The SMILES string of the molecule is COc1ccc(Cl)cc1NCCC(=O)NC1CCCC1. The molecule has 2 rings (SSSR count). The van der Waals surface area contributed by atoms with E-state index < -0.39 is 0 Å². The first-order chi connectivity index (χ1) is 9.69. The normalized spacial score (nSPS) is 15.1. The number of carbonyl (C=O) groups excluding carboxylic acids is 1. The molecular formula is C15H21ClN2O2. The molecule has 0 radical (unpaired) electrons. The fraction of sp³-hybridized carbons (Fsp3) is 0.533. The summed E-state index contributed by atoms with van der Waals surface area (Å²) in [7, 11) is 1.61. The summed E-state index contributed by atoms with van der Waals surface area (Å²) in [6.45, 7) is 0.565. The Hall–Kier alpha value is -1.42. The van der Waals surface area contributed by atoms with E-state index in [1.165, 1.54) is 12.8 Å². The molecule has 1 aromatic carbocycles. The van der Waals surface area contributed by atoms with Crippen LogP contribution in [0.1, 0.15) is 32.1 Å². The van der Waals surface area contributed by atoms with E-state index in [2.05, 4.69) is 10.6 Å². The zero-order chi connectivity index (χ0) is 14.4. The number of carbonyl (C=O) groups is 1. The molecule has 5 heteroatoms. The molecule has 1 fully saturated rings. The number of hydrogen-bond acceptors (Lipinski definition) is 3. The lowest BCUT2D eigenvalue weighted by Gasteiger charge is -2.13. The van der Waals surface area contributed by atoms with E-state index in [-0.39, 0.29) is 5.91 Å². The molecule has 1 aliphatic rings. The van der Waals surface area contributed by atoms with Crippen molar-refractivity contribution in [3.63, 3.8) is 0 Å². The molecule has 1 amide bonds. The van der Waals surface area contributed by atoms with Crippen molar-refractivity contribution in [2.24, 2.45) is 0 Å². The molecular weight excluding hydrogens is 276 g/mol. The van der Waals surface area contributed by atoms with E-state index in [4.69, 9.17) is 16.3 Å². The lowest BCUT2D eigenvalue weighted by molar-refractivity contribution is -0.121. The summed E-state index contributed by atoms with van der Waals surface area (Å²) >= 11 is 5.95. The van der Waals surface area contributed by atoms with Gasteiger partial charge in [-0.25, -0.2) is 0 Å². The van der Waals surface area contributed by atoms with Gasteiger partial charge in [-0.15, -0.1) is 0 Å². The second-order valence-corrected chi connectivity index (χ2v) is 5.51. The summed E-state index contributed by atoms with van der Waals surface area (Å²) in [6, 6.07) is 5.76. The zero-order valence-electron chi connectivity index (χ0n) is 11.7. The molecule has 2 N–H and O–H groups in total. The van der Waals surface area contributed by atoms with E-state index >= 15 is 0 Å². The largest absolute Gasteiger partial charge is 0.495 e. The Bertz CT molecular complexity index is 459. The standard InChI is InChI=1S/C15H21ClN2O2/c1-20-14-7-6-11(16)10-13(14)17-9-8-15(19)18-12-4-2-3-5-12/h6-7,10,12,17H,2-5,8-9H2,1H3,(H,18,19). The van der Waals surface area contributed by atoms with Crippen molar-refractivity contribution in [3.8, 4) is 5.75 Å². The highest BCUT2D eigenvalue weighted by Crippen LogP contribution is 2.27. The highest BCUT2D eigenvalue weighted by atomic mass is 35.5. The monoisotopic (exact) mass is 296 g/mol. The molecule has 0 aliphatic heterocycles. The van der Waals surface area contributed by atoms with Crippen LogP contribution in [0.15, 0.2) is 18.2 Å². The third-order valence-corrected chi connectivity index (χ3v) is 3.78. The second kappa shape index (κ2) is 7.39. The minimum Gasteiger partial charge on any atom is -0.495 e. The average Bonchev–Trinajstić information content (AvgIpc) is 2.92. The van der Waals surface area contributed by atoms with Crippen LogP contribution in [0.2, 0.25) is 5.02 Å². The Morgan fingerprint density at radius 1 is 1.40 bits per heavy atom.